The summed E-state index contributed by atoms with van der Waals surface area (Å²) in [6, 6.07) is 7.47. The fraction of sp³-hybridized carbons (Fsp3) is 0.591. The Morgan fingerprint density at radius 1 is 0.582 bits per heavy atom. The van der Waals surface area contributed by atoms with E-state index in [-0.39, 0.29) is 60.7 Å². The van der Waals surface area contributed by atoms with Crippen molar-refractivity contribution in [3.8, 4) is 5.75 Å². The highest BCUT2D eigenvalue weighted by atomic mass is 16.6. The van der Waals surface area contributed by atoms with Gasteiger partial charge in [-0.05, 0) is 125 Å². The Hall–Kier alpha value is -4.54. The molecule has 0 unspecified atom stereocenters. The molecule has 55 heavy (non-hydrogen) atoms. The molecule has 0 aliphatic carbocycles. The number of hydrogen-bond acceptors (Lipinski definition) is 9. The van der Waals surface area contributed by atoms with Crippen molar-refractivity contribution in [3.05, 3.63) is 63.2 Å². The van der Waals surface area contributed by atoms with E-state index in [0.717, 1.165) is 77.5 Å². The number of aryl methyl sites for hydroxylation is 4. The van der Waals surface area contributed by atoms with Crippen LogP contribution in [0.2, 0.25) is 0 Å². The molecule has 11 nitrogen and oxygen atoms in total. The smallest absolute Gasteiger partial charge is 0.407 e. The molecule has 0 aliphatic heterocycles. The van der Waals surface area contributed by atoms with Gasteiger partial charge in [-0.25, -0.2) is 9.59 Å². The van der Waals surface area contributed by atoms with Crippen LogP contribution in [-0.2, 0) is 48.3 Å². The molecule has 2 amide bonds. The van der Waals surface area contributed by atoms with Gasteiger partial charge in [0.1, 0.15) is 36.3 Å². The lowest BCUT2D eigenvalue weighted by molar-refractivity contribution is -0.134. The van der Waals surface area contributed by atoms with Gasteiger partial charge in [0.2, 0.25) is 0 Å². The molecule has 0 heterocycles. The first-order chi connectivity index (χ1) is 25.7. The van der Waals surface area contributed by atoms with Crippen molar-refractivity contribution in [2.75, 3.05) is 13.1 Å². The molecule has 0 saturated carbocycles. The molecule has 0 spiro atoms. The number of ketones is 3. The van der Waals surface area contributed by atoms with E-state index in [1.165, 1.54) is 0 Å². The number of unbranched alkanes of at least 4 members (excludes halogenated alkanes) is 2. The van der Waals surface area contributed by atoms with Crippen LogP contribution in [0.5, 0.6) is 5.75 Å². The topological polar surface area (TPSA) is 154 Å². The maximum Gasteiger partial charge on any atom is 0.407 e. The molecule has 11 heteroatoms. The number of amides is 2. The van der Waals surface area contributed by atoms with Crippen molar-refractivity contribution < 1.29 is 43.0 Å². The van der Waals surface area contributed by atoms with Crippen LogP contribution in [0.25, 0.3) is 0 Å². The second-order valence-corrected chi connectivity index (χ2v) is 16.1. The minimum atomic E-state index is -0.518. The van der Waals surface area contributed by atoms with Crippen molar-refractivity contribution >= 4 is 35.5 Å². The van der Waals surface area contributed by atoms with Crippen LogP contribution in [0, 0.1) is 38.5 Å². The number of carbonyl (C=O) groups excluding carboxylic acids is 6. The van der Waals surface area contributed by atoms with E-state index in [9.17, 15) is 28.8 Å². The van der Waals surface area contributed by atoms with Crippen LogP contribution >= 0.6 is 0 Å². The molecule has 0 aliphatic rings. The molecule has 0 atom stereocenters. The molecule has 2 aromatic carbocycles. The highest BCUT2D eigenvalue weighted by Gasteiger charge is 2.23. The minimum Gasteiger partial charge on any atom is -0.445 e. The Morgan fingerprint density at radius 3 is 1.42 bits per heavy atom. The van der Waals surface area contributed by atoms with Crippen LogP contribution in [0.4, 0.5) is 9.59 Å². The maximum absolute atomic E-state index is 12.9. The SMILES string of the molecule is CC(=O)C(C)(C)CCCCNC(=O)OCc1cc(C)c(CC(=O)CCCC(=O)Oc2c(C)cc(COC(=O)NCCCCC(C)(C)C(C)=O)cc2C)c(C)c1. The zero-order valence-corrected chi connectivity index (χ0v) is 34.9. The van der Waals surface area contributed by atoms with E-state index in [2.05, 4.69) is 10.6 Å². The van der Waals surface area contributed by atoms with Gasteiger partial charge in [-0.1, -0.05) is 52.7 Å². The monoisotopic (exact) mass is 764 g/mol. The molecule has 304 valence electrons. The van der Waals surface area contributed by atoms with E-state index in [0.29, 0.717) is 25.3 Å². The second-order valence-electron chi connectivity index (χ2n) is 16.1. The lowest BCUT2D eigenvalue weighted by atomic mass is 9.83. The summed E-state index contributed by atoms with van der Waals surface area (Å²) in [5, 5.41) is 5.50. The molecular formula is C44H64N2O9. The van der Waals surface area contributed by atoms with E-state index in [4.69, 9.17) is 14.2 Å². The number of alkyl carbamates (subject to hydrolysis) is 2. The summed E-state index contributed by atoms with van der Waals surface area (Å²) in [6.45, 7) is 19.5. The third-order valence-electron chi connectivity index (χ3n) is 10.3. The van der Waals surface area contributed by atoms with Crippen molar-refractivity contribution in [3.63, 3.8) is 0 Å². The van der Waals surface area contributed by atoms with Crippen LogP contribution < -0.4 is 15.4 Å². The highest BCUT2D eigenvalue weighted by molar-refractivity contribution is 5.83. The summed E-state index contributed by atoms with van der Waals surface area (Å²) in [4.78, 5) is 73.3. The summed E-state index contributed by atoms with van der Waals surface area (Å²) >= 11 is 0. The number of Topliss-reactive ketones (excluding diaryl/α,β-unsaturated/α-hetero) is 3. The van der Waals surface area contributed by atoms with Gasteiger partial charge < -0.3 is 24.8 Å². The zero-order valence-electron chi connectivity index (χ0n) is 34.9. The summed E-state index contributed by atoms with van der Waals surface area (Å²) in [5.74, 6) is 0.367. The maximum atomic E-state index is 12.9. The number of benzene rings is 2. The lowest BCUT2D eigenvalue weighted by Gasteiger charge is -2.20. The predicted molar refractivity (Wildman–Crippen MR) is 213 cm³/mol. The minimum absolute atomic E-state index is 0.0201. The van der Waals surface area contributed by atoms with E-state index in [1.54, 1.807) is 13.8 Å². The lowest BCUT2D eigenvalue weighted by Crippen LogP contribution is -2.26. The number of esters is 1. The van der Waals surface area contributed by atoms with Crippen LogP contribution in [0.3, 0.4) is 0 Å². The largest absolute Gasteiger partial charge is 0.445 e. The molecule has 0 saturated heterocycles. The number of ether oxygens (including phenoxy) is 3. The summed E-state index contributed by atoms with van der Waals surface area (Å²) in [7, 11) is 0. The summed E-state index contributed by atoms with van der Waals surface area (Å²) < 4.78 is 16.4. The van der Waals surface area contributed by atoms with Gasteiger partial charge >= 0.3 is 18.2 Å². The zero-order chi connectivity index (χ0) is 41.3. The fourth-order valence-electron chi connectivity index (χ4n) is 6.13. The number of hydrogen-bond donors (Lipinski definition) is 2. The summed E-state index contributed by atoms with van der Waals surface area (Å²) in [5.41, 5.74) is 5.15. The van der Waals surface area contributed by atoms with Crippen molar-refractivity contribution in [1.29, 1.82) is 0 Å². The van der Waals surface area contributed by atoms with E-state index in [1.807, 2.05) is 79.7 Å². The second kappa shape index (κ2) is 22.1. The Labute approximate surface area is 328 Å². The third kappa shape index (κ3) is 16.8. The Bertz CT molecular complexity index is 1510. The first-order valence-corrected chi connectivity index (χ1v) is 19.5. The molecule has 0 bridgehead atoms. The standard InChI is InChI=1S/C44H64N2O9/c1-29-22-35(27-53-41(51)45-20-13-11-18-43(7,8)33(5)47)23-30(2)38(29)26-37(49)16-15-17-39(50)55-40-31(3)24-36(25-32(40)4)28-54-42(52)46-21-14-12-19-44(9,10)34(6)48/h22-25H,11-21,26-28H2,1-10H3,(H,45,51)(H,46,52). The summed E-state index contributed by atoms with van der Waals surface area (Å²) in [6.07, 6.45) is 4.60. The quantitative estimate of drug-likeness (QED) is 0.0642. The Balaban J connectivity index is 1.73. The third-order valence-corrected chi connectivity index (χ3v) is 10.3. The van der Waals surface area contributed by atoms with Crippen LogP contribution in [0.1, 0.15) is 138 Å². The van der Waals surface area contributed by atoms with Gasteiger partial charge in [0.05, 0.1) is 0 Å². The highest BCUT2D eigenvalue weighted by Crippen LogP contribution is 2.27. The number of nitrogens with one attached hydrogen (secondary N) is 2. The van der Waals surface area contributed by atoms with E-state index >= 15 is 0 Å². The molecule has 2 N–H and O–H groups in total. The van der Waals surface area contributed by atoms with E-state index < -0.39 is 18.2 Å². The van der Waals surface area contributed by atoms with Gasteiger partial charge in [0.25, 0.3) is 0 Å². The Morgan fingerprint density at radius 2 is 1.00 bits per heavy atom. The molecule has 0 aromatic heterocycles. The van der Waals surface area contributed by atoms with Crippen molar-refractivity contribution in [2.45, 2.75) is 147 Å². The number of rotatable bonds is 23. The molecular weight excluding hydrogens is 700 g/mol. The van der Waals surface area contributed by atoms with Gasteiger partial charge in [0.15, 0.2) is 0 Å². The van der Waals surface area contributed by atoms with Gasteiger partial charge in [-0.15, -0.1) is 0 Å². The molecule has 2 aromatic rings. The average Bonchev–Trinajstić information content (AvgIpc) is 3.09. The van der Waals surface area contributed by atoms with Gasteiger partial charge in [-0.3, -0.25) is 19.2 Å². The normalized spacial score (nSPS) is 11.5. The number of carbonyl (C=O) groups is 6. The van der Waals surface area contributed by atoms with Crippen LogP contribution in [-0.4, -0.2) is 48.6 Å². The first kappa shape index (κ1) is 46.6. The Kier molecular flexibility index (Phi) is 18.7. The molecule has 0 fully saturated rings. The molecule has 0 radical (unpaired) electrons. The predicted octanol–water partition coefficient (Wildman–Crippen LogP) is 8.83. The van der Waals surface area contributed by atoms with Crippen LogP contribution in [0.15, 0.2) is 24.3 Å². The average molecular weight is 765 g/mol. The van der Waals surface area contributed by atoms with Gasteiger partial charge in [0, 0.05) is 43.2 Å². The van der Waals surface area contributed by atoms with Crippen molar-refractivity contribution in [1.82, 2.24) is 10.6 Å². The molecule has 2 rings (SSSR count). The first-order valence-electron chi connectivity index (χ1n) is 19.5. The van der Waals surface area contributed by atoms with Gasteiger partial charge in [-0.2, -0.15) is 0 Å². The fourth-order valence-corrected chi connectivity index (χ4v) is 6.13. The van der Waals surface area contributed by atoms with Crippen molar-refractivity contribution in [2.24, 2.45) is 10.8 Å².